The largest absolute Gasteiger partial charge is 0.497 e. The number of hydrogen-bond donors (Lipinski definition) is 2. The molecule has 5 nitrogen and oxygen atoms in total. The Bertz CT molecular complexity index is 457. The molecule has 0 aliphatic carbocycles. The summed E-state index contributed by atoms with van der Waals surface area (Å²) in [6, 6.07) is 8.35. The van der Waals surface area contributed by atoms with E-state index >= 15 is 0 Å². The quantitative estimate of drug-likeness (QED) is 0.780. The van der Waals surface area contributed by atoms with Crippen LogP contribution < -0.4 is 10.1 Å². The Morgan fingerprint density at radius 1 is 1.39 bits per heavy atom. The number of nitrogens with one attached hydrogen (secondary N) is 2. The Hall–Kier alpha value is -1.53. The summed E-state index contributed by atoms with van der Waals surface area (Å²) in [6.45, 7) is 0. The van der Waals surface area contributed by atoms with Crippen molar-refractivity contribution in [3.8, 4) is 5.75 Å². The summed E-state index contributed by atoms with van der Waals surface area (Å²) < 4.78 is 5.15. The minimum absolute atomic E-state index is 0.269. The molecular formula is C12H16N4OS. The minimum Gasteiger partial charge on any atom is -0.497 e. The SMILES string of the molecule is CNC(CSc1ncn[nH]1)c1ccc(OC)cc1. The highest BCUT2D eigenvalue weighted by molar-refractivity contribution is 7.99. The predicted molar refractivity (Wildman–Crippen MR) is 71.9 cm³/mol. The van der Waals surface area contributed by atoms with Crippen LogP contribution in [0.15, 0.2) is 35.7 Å². The van der Waals surface area contributed by atoms with Crippen LogP contribution in [0.2, 0.25) is 0 Å². The molecule has 0 aliphatic rings. The van der Waals surface area contributed by atoms with E-state index < -0.39 is 0 Å². The molecule has 2 N–H and O–H groups in total. The molecule has 0 amide bonds. The fourth-order valence-electron chi connectivity index (χ4n) is 1.61. The number of nitrogens with zero attached hydrogens (tertiary/aromatic N) is 2. The van der Waals surface area contributed by atoms with Crippen molar-refractivity contribution in [2.24, 2.45) is 0 Å². The number of ether oxygens (including phenoxy) is 1. The molecule has 18 heavy (non-hydrogen) atoms. The molecule has 0 saturated heterocycles. The second kappa shape index (κ2) is 6.42. The van der Waals surface area contributed by atoms with Crippen LogP contribution in [0.3, 0.4) is 0 Å². The van der Waals surface area contributed by atoms with Crippen LogP contribution in [0.25, 0.3) is 0 Å². The highest BCUT2D eigenvalue weighted by Gasteiger charge is 2.10. The van der Waals surface area contributed by atoms with Crippen molar-refractivity contribution in [2.75, 3.05) is 19.9 Å². The van der Waals surface area contributed by atoms with Gasteiger partial charge in [-0.2, -0.15) is 5.10 Å². The third-order valence-corrected chi connectivity index (χ3v) is 3.62. The first kappa shape index (κ1) is 12.9. The number of methoxy groups -OCH3 is 1. The molecule has 6 heteroatoms. The zero-order chi connectivity index (χ0) is 12.8. The Morgan fingerprint density at radius 3 is 2.72 bits per heavy atom. The van der Waals surface area contributed by atoms with Crippen molar-refractivity contribution in [1.82, 2.24) is 20.5 Å². The summed E-state index contributed by atoms with van der Waals surface area (Å²) in [7, 11) is 3.63. The molecular weight excluding hydrogens is 248 g/mol. The van der Waals surface area contributed by atoms with Gasteiger partial charge in [0.25, 0.3) is 0 Å². The molecule has 1 heterocycles. The standard InChI is InChI=1S/C12H16N4OS/c1-13-11(7-18-12-14-8-15-16-12)9-3-5-10(17-2)6-4-9/h3-6,8,11,13H,7H2,1-2H3,(H,14,15,16). The monoisotopic (exact) mass is 264 g/mol. The summed E-state index contributed by atoms with van der Waals surface area (Å²) >= 11 is 1.64. The van der Waals surface area contributed by atoms with Crippen molar-refractivity contribution in [3.05, 3.63) is 36.2 Å². The van der Waals surface area contributed by atoms with E-state index in [1.54, 1.807) is 18.9 Å². The molecule has 1 unspecified atom stereocenters. The summed E-state index contributed by atoms with van der Waals surface area (Å²) in [5.74, 6) is 1.76. The van der Waals surface area contributed by atoms with E-state index in [1.807, 2.05) is 19.2 Å². The highest BCUT2D eigenvalue weighted by atomic mass is 32.2. The Balaban J connectivity index is 1.98. The van der Waals surface area contributed by atoms with Crippen LogP contribution in [0.5, 0.6) is 5.75 Å². The molecule has 1 aromatic heterocycles. The fraction of sp³-hybridized carbons (Fsp3) is 0.333. The Morgan fingerprint density at radius 2 is 2.17 bits per heavy atom. The van der Waals surface area contributed by atoms with E-state index in [-0.39, 0.29) is 6.04 Å². The number of aromatic nitrogens is 3. The van der Waals surface area contributed by atoms with E-state index in [1.165, 1.54) is 11.9 Å². The van der Waals surface area contributed by atoms with Crippen molar-refractivity contribution >= 4 is 11.8 Å². The molecule has 0 bridgehead atoms. The number of rotatable bonds is 6. The third kappa shape index (κ3) is 3.24. The third-order valence-electron chi connectivity index (χ3n) is 2.65. The highest BCUT2D eigenvalue weighted by Crippen LogP contribution is 2.23. The minimum atomic E-state index is 0.269. The molecule has 96 valence electrons. The van der Waals surface area contributed by atoms with Gasteiger partial charge in [-0.15, -0.1) is 0 Å². The first-order chi connectivity index (χ1) is 8.83. The maximum Gasteiger partial charge on any atom is 0.183 e. The van der Waals surface area contributed by atoms with Gasteiger partial charge in [0, 0.05) is 11.8 Å². The number of thioether (sulfide) groups is 1. The van der Waals surface area contributed by atoms with E-state index in [0.717, 1.165) is 16.7 Å². The zero-order valence-electron chi connectivity index (χ0n) is 10.4. The van der Waals surface area contributed by atoms with Crippen molar-refractivity contribution in [3.63, 3.8) is 0 Å². The van der Waals surface area contributed by atoms with Gasteiger partial charge >= 0.3 is 0 Å². The van der Waals surface area contributed by atoms with E-state index in [9.17, 15) is 0 Å². The number of hydrogen-bond acceptors (Lipinski definition) is 5. The van der Waals surface area contributed by atoms with Crippen LogP contribution in [0, 0.1) is 0 Å². The van der Waals surface area contributed by atoms with E-state index in [4.69, 9.17) is 4.74 Å². The second-order valence-corrected chi connectivity index (χ2v) is 4.72. The fourth-order valence-corrected chi connectivity index (χ4v) is 2.53. The first-order valence-electron chi connectivity index (χ1n) is 5.63. The van der Waals surface area contributed by atoms with Crippen LogP contribution in [0.4, 0.5) is 0 Å². The van der Waals surface area contributed by atoms with Gasteiger partial charge in [-0.05, 0) is 24.7 Å². The average Bonchev–Trinajstić information content (AvgIpc) is 2.93. The topological polar surface area (TPSA) is 62.8 Å². The van der Waals surface area contributed by atoms with Crippen LogP contribution in [-0.4, -0.2) is 35.1 Å². The Labute approximate surface area is 110 Å². The second-order valence-electron chi connectivity index (χ2n) is 3.72. The lowest BCUT2D eigenvalue weighted by Gasteiger charge is -2.15. The lowest BCUT2D eigenvalue weighted by Crippen LogP contribution is -2.18. The lowest BCUT2D eigenvalue weighted by molar-refractivity contribution is 0.414. The van der Waals surface area contributed by atoms with Crippen LogP contribution >= 0.6 is 11.8 Å². The maximum atomic E-state index is 5.15. The maximum absolute atomic E-state index is 5.15. The van der Waals surface area contributed by atoms with Gasteiger partial charge in [0.1, 0.15) is 12.1 Å². The Kier molecular flexibility index (Phi) is 4.60. The lowest BCUT2D eigenvalue weighted by atomic mass is 10.1. The van der Waals surface area contributed by atoms with Crippen LogP contribution in [-0.2, 0) is 0 Å². The van der Waals surface area contributed by atoms with Gasteiger partial charge in [0.05, 0.1) is 7.11 Å². The molecule has 0 saturated carbocycles. The first-order valence-corrected chi connectivity index (χ1v) is 6.61. The van der Waals surface area contributed by atoms with Gasteiger partial charge in [0.15, 0.2) is 5.16 Å². The molecule has 1 aromatic carbocycles. The number of aromatic amines is 1. The molecule has 2 rings (SSSR count). The van der Waals surface area contributed by atoms with Gasteiger partial charge < -0.3 is 10.1 Å². The number of benzene rings is 1. The van der Waals surface area contributed by atoms with Crippen molar-refractivity contribution in [1.29, 1.82) is 0 Å². The summed E-state index contributed by atoms with van der Waals surface area (Å²) in [5, 5.41) is 10.8. The van der Waals surface area contributed by atoms with Crippen LogP contribution in [0.1, 0.15) is 11.6 Å². The van der Waals surface area contributed by atoms with Gasteiger partial charge in [0.2, 0.25) is 0 Å². The van der Waals surface area contributed by atoms with E-state index in [2.05, 4.69) is 32.6 Å². The van der Waals surface area contributed by atoms with E-state index in [0.29, 0.717) is 0 Å². The normalized spacial score (nSPS) is 12.3. The van der Waals surface area contributed by atoms with Gasteiger partial charge in [-0.25, -0.2) is 4.98 Å². The molecule has 0 radical (unpaired) electrons. The van der Waals surface area contributed by atoms with Gasteiger partial charge in [-0.1, -0.05) is 23.9 Å². The summed E-state index contributed by atoms with van der Waals surface area (Å²) in [4.78, 5) is 4.09. The summed E-state index contributed by atoms with van der Waals surface area (Å²) in [6.07, 6.45) is 1.52. The smallest absolute Gasteiger partial charge is 0.183 e. The zero-order valence-corrected chi connectivity index (χ0v) is 11.2. The predicted octanol–water partition coefficient (Wildman–Crippen LogP) is 1.87. The summed E-state index contributed by atoms with van der Waals surface area (Å²) in [5.41, 5.74) is 1.23. The number of H-pyrrole nitrogens is 1. The molecule has 1 atom stereocenters. The van der Waals surface area contributed by atoms with Gasteiger partial charge in [-0.3, -0.25) is 5.10 Å². The molecule has 2 aromatic rings. The molecule has 0 spiro atoms. The molecule has 0 fully saturated rings. The average molecular weight is 264 g/mol. The van der Waals surface area contributed by atoms with Crippen molar-refractivity contribution < 1.29 is 4.74 Å². The molecule has 0 aliphatic heterocycles. The van der Waals surface area contributed by atoms with Crippen molar-refractivity contribution in [2.45, 2.75) is 11.2 Å².